The fraction of sp³-hybridized carbons (Fsp3) is 0.529. The van der Waals surface area contributed by atoms with E-state index < -0.39 is 0 Å². The number of aryl methyl sites for hydroxylation is 1. The van der Waals surface area contributed by atoms with Crippen LogP contribution in [0.2, 0.25) is 0 Å². The number of rotatable bonds is 7. The number of likely N-dealkylation sites (N-methyl/N-ethyl adjacent to an activating group) is 1. The number of amides is 1. The van der Waals surface area contributed by atoms with Crippen molar-refractivity contribution in [2.45, 2.75) is 76.0 Å². The molecule has 0 radical (unpaired) electrons. The molecule has 3 fully saturated rings. The lowest BCUT2D eigenvalue weighted by atomic mass is 9.50. The third-order valence-electron chi connectivity index (χ3n) is 10.4. The molecule has 7 heteroatoms. The molecule has 0 unspecified atom stereocenters. The first-order chi connectivity index (χ1) is 19.8. The number of ether oxygens (including phenoxy) is 3. The van der Waals surface area contributed by atoms with E-state index in [1.807, 2.05) is 36.2 Å². The predicted octanol–water partition coefficient (Wildman–Crippen LogP) is 4.92. The molecule has 2 saturated carbocycles. The number of nitrogens with zero attached hydrogens (tertiary/aromatic N) is 2. The normalized spacial score (nSPS) is 29.6. The molecule has 3 aliphatic carbocycles. The lowest BCUT2D eigenvalue weighted by Gasteiger charge is -2.60. The van der Waals surface area contributed by atoms with Crippen LogP contribution in [0.3, 0.4) is 0 Å². The van der Waals surface area contributed by atoms with Gasteiger partial charge in [-0.25, -0.2) is 0 Å². The monoisotopic (exact) mass is 556 g/mol. The van der Waals surface area contributed by atoms with Crippen molar-refractivity contribution in [2.24, 2.45) is 11.8 Å². The minimum absolute atomic E-state index is 0.0165. The van der Waals surface area contributed by atoms with Crippen LogP contribution in [0.25, 0.3) is 6.08 Å². The van der Waals surface area contributed by atoms with Crippen molar-refractivity contribution in [3.8, 4) is 17.2 Å². The van der Waals surface area contributed by atoms with Crippen LogP contribution in [0.1, 0.15) is 61.3 Å². The standard InChI is InChI=1S/C34H40N2O5/c1-20-6-5-7-22(16-20)10-13-30(38)35(3)26-12-11-25-27-17-24-28(40-21(2)37)18-29(39-4)32-31(24)34(25,33(26)41-32)14-15-36(27)19-23-8-9-23/h5-7,10,13,16,18,23,25-27,33H,8-9,11-12,14-15,17,19H2,1-4H3/t25-,26+,27+,33-,34-/m0/s1. The van der Waals surface area contributed by atoms with Crippen molar-refractivity contribution in [2.75, 3.05) is 27.2 Å². The Morgan fingerprint density at radius 2 is 2.00 bits per heavy atom. The van der Waals surface area contributed by atoms with Gasteiger partial charge in [-0.1, -0.05) is 29.8 Å². The molecule has 1 spiro atoms. The van der Waals surface area contributed by atoms with Gasteiger partial charge in [0, 0.05) is 55.2 Å². The molecule has 5 atom stereocenters. The van der Waals surface area contributed by atoms with Gasteiger partial charge in [-0.3, -0.25) is 14.5 Å². The summed E-state index contributed by atoms with van der Waals surface area (Å²) in [6.45, 7) is 5.68. The molecular weight excluding hydrogens is 516 g/mol. The Morgan fingerprint density at radius 3 is 2.73 bits per heavy atom. The van der Waals surface area contributed by atoms with Crippen molar-refractivity contribution in [3.05, 3.63) is 58.7 Å². The molecule has 41 heavy (non-hydrogen) atoms. The summed E-state index contributed by atoms with van der Waals surface area (Å²) in [5.74, 6) is 2.87. The largest absolute Gasteiger partial charge is 0.493 e. The van der Waals surface area contributed by atoms with Crippen molar-refractivity contribution in [3.63, 3.8) is 0 Å². The van der Waals surface area contributed by atoms with Gasteiger partial charge in [0.25, 0.3) is 0 Å². The zero-order valence-corrected chi connectivity index (χ0v) is 24.5. The number of carbonyl (C=O) groups excluding carboxylic acids is 2. The van der Waals surface area contributed by atoms with Gasteiger partial charge in [-0.05, 0) is 75.5 Å². The average molecular weight is 557 g/mol. The number of hydrogen-bond donors (Lipinski definition) is 0. The van der Waals surface area contributed by atoms with Gasteiger partial charge in [0.15, 0.2) is 11.5 Å². The maximum absolute atomic E-state index is 13.6. The van der Waals surface area contributed by atoms with E-state index >= 15 is 0 Å². The average Bonchev–Trinajstić information content (AvgIpc) is 3.71. The lowest BCUT2D eigenvalue weighted by Crippen LogP contribution is -2.69. The van der Waals surface area contributed by atoms with Crippen molar-refractivity contribution in [1.82, 2.24) is 9.80 Å². The number of benzene rings is 2. The molecular formula is C34H40N2O5. The molecule has 7 rings (SSSR count). The van der Waals surface area contributed by atoms with E-state index in [4.69, 9.17) is 14.2 Å². The van der Waals surface area contributed by atoms with Gasteiger partial charge in [-0.15, -0.1) is 0 Å². The highest BCUT2D eigenvalue weighted by Gasteiger charge is 2.67. The fourth-order valence-electron chi connectivity index (χ4n) is 8.51. The molecule has 0 aromatic heterocycles. The molecule has 5 aliphatic rings. The summed E-state index contributed by atoms with van der Waals surface area (Å²) in [6, 6.07) is 10.3. The van der Waals surface area contributed by atoms with Gasteiger partial charge >= 0.3 is 5.97 Å². The number of likely N-dealkylation sites (tertiary alicyclic amines) is 1. The molecule has 216 valence electrons. The van der Waals surface area contributed by atoms with Gasteiger partial charge in [0.05, 0.1) is 13.2 Å². The van der Waals surface area contributed by atoms with Crippen LogP contribution in [0.15, 0.2) is 36.4 Å². The van der Waals surface area contributed by atoms with E-state index in [0.717, 1.165) is 61.6 Å². The smallest absolute Gasteiger partial charge is 0.308 e. The highest BCUT2D eigenvalue weighted by atomic mass is 16.5. The van der Waals surface area contributed by atoms with E-state index in [-0.39, 0.29) is 29.4 Å². The predicted molar refractivity (Wildman–Crippen MR) is 156 cm³/mol. The summed E-state index contributed by atoms with van der Waals surface area (Å²) < 4.78 is 18.6. The van der Waals surface area contributed by atoms with Gasteiger partial charge < -0.3 is 19.1 Å². The molecule has 2 bridgehead atoms. The number of carbonyl (C=O) groups is 2. The lowest BCUT2D eigenvalue weighted by molar-refractivity contribution is -0.135. The van der Waals surface area contributed by atoms with E-state index in [0.29, 0.717) is 23.5 Å². The van der Waals surface area contributed by atoms with Gasteiger partial charge in [0.2, 0.25) is 5.91 Å². The minimum Gasteiger partial charge on any atom is -0.493 e. The fourth-order valence-corrected chi connectivity index (χ4v) is 8.51. The van der Waals surface area contributed by atoms with E-state index in [9.17, 15) is 9.59 Å². The SMILES string of the molecule is COc1cc(OC(C)=O)c2c3c1O[C@H]1[C@H](N(C)C(=O)C=Cc4cccc(C)c4)CC[C@H]4[C@@H](C2)N(CC2CC2)CC[C@@]341. The highest BCUT2D eigenvalue weighted by molar-refractivity contribution is 5.92. The summed E-state index contributed by atoms with van der Waals surface area (Å²) in [5.41, 5.74) is 4.21. The topological polar surface area (TPSA) is 68.3 Å². The van der Waals surface area contributed by atoms with Crippen LogP contribution in [0.5, 0.6) is 17.2 Å². The number of piperidine rings is 1. The third kappa shape index (κ3) is 4.27. The maximum atomic E-state index is 13.6. The van der Waals surface area contributed by atoms with E-state index in [1.165, 1.54) is 30.9 Å². The quantitative estimate of drug-likeness (QED) is 0.274. The molecule has 1 saturated heterocycles. The molecule has 0 N–H and O–H groups in total. The van der Waals surface area contributed by atoms with Crippen molar-refractivity contribution < 1.29 is 23.8 Å². The summed E-state index contributed by atoms with van der Waals surface area (Å²) in [6.07, 6.45) is 9.82. The van der Waals surface area contributed by atoms with Gasteiger partial charge in [0.1, 0.15) is 11.9 Å². The van der Waals surface area contributed by atoms with Crippen LogP contribution in [0.4, 0.5) is 0 Å². The second kappa shape index (κ2) is 9.90. The first kappa shape index (κ1) is 26.6. The van der Waals surface area contributed by atoms with Gasteiger partial charge in [-0.2, -0.15) is 0 Å². The molecule has 2 aromatic carbocycles. The summed E-state index contributed by atoms with van der Waals surface area (Å²) in [4.78, 5) is 30.4. The molecule has 7 nitrogen and oxygen atoms in total. The second-order valence-electron chi connectivity index (χ2n) is 12.8. The molecule has 2 aromatic rings. The molecule has 2 aliphatic heterocycles. The van der Waals surface area contributed by atoms with E-state index in [1.54, 1.807) is 13.2 Å². The summed E-state index contributed by atoms with van der Waals surface area (Å²) in [5, 5.41) is 0. The van der Waals surface area contributed by atoms with Crippen molar-refractivity contribution >= 4 is 18.0 Å². The molecule has 1 amide bonds. The Hall–Kier alpha value is -3.32. The Balaban J connectivity index is 1.28. The first-order valence-electron chi connectivity index (χ1n) is 15.1. The zero-order chi connectivity index (χ0) is 28.5. The highest BCUT2D eigenvalue weighted by Crippen LogP contribution is 2.66. The summed E-state index contributed by atoms with van der Waals surface area (Å²) >= 11 is 0. The molecule has 2 heterocycles. The zero-order valence-electron chi connectivity index (χ0n) is 24.5. The van der Waals surface area contributed by atoms with Crippen molar-refractivity contribution in [1.29, 1.82) is 0 Å². The van der Waals surface area contributed by atoms with Crippen LogP contribution >= 0.6 is 0 Å². The second-order valence-corrected chi connectivity index (χ2v) is 12.8. The number of hydrogen-bond acceptors (Lipinski definition) is 6. The Labute approximate surface area is 242 Å². The van der Waals surface area contributed by atoms with E-state index in [2.05, 4.69) is 24.0 Å². The van der Waals surface area contributed by atoms with Crippen LogP contribution < -0.4 is 14.2 Å². The Bertz CT molecular complexity index is 1430. The van der Waals surface area contributed by atoms with Crippen LogP contribution in [0, 0.1) is 18.8 Å². The number of methoxy groups -OCH3 is 1. The summed E-state index contributed by atoms with van der Waals surface area (Å²) in [7, 11) is 3.56. The Kier molecular flexibility index (Phi) is 6.42. The Morgan fingerprint density at radius 1 is 1.17 bits per heavy atom. The number of esters is 1. The first-order valence-corrected chi connectivity index (χ1v) is 15.1. The minimum atomic E-state index is -0.328. The third-order valence-corrected chi connectivity index (χ3v) is 10.4. The van der Waals surface area contributed by atoms with Crippen LogP contribution in [-0.2, 0) is 21.4 Å². The van der Waals surface area contributed by atoms with Crippen LogP contribution in [-0.4, -0.2) is 67.1 Å². The maximum Gasteiger partial charge on any atom is 0.308 e.